The average Bonchev–Trinajstić information content (AvgIpc) is 3.21. The minimum absolute atomic E-state index is 0.0208. The van der Waals surface area contributed by atoms with Crippen LogP contribution in [-0.2, 0) is 47.7 Å². The average molecular weight is 611 g/mol. The summed E-state index contributed by atoms with van der Waals surface area (Å²) in [5.74, 6) is -6.70. The molecule has 43 heavy (non-hydrogen) atoms. The molecule has 0 unspecified atom stereocenters. The summed E-state index contributed by atoms with van der Waals surface area (Å²) in [5.41, 5.74) is -7.13. The van der Waals surface area contributed by atoms with Gasteiger partial charge >= 0.3 is 29.8 Å². The smallest absolute Gasteiger partial charge is 0.341 e. The molecule has 3 N–H and O–H groups in total. The van der Waals surface area contributed by atoms with Crippen LogP contribution in [0.3, 0.4) is 0 Å². The van der Waals surface area contributed by atoms with Crippen molar-refractivity contribution >= 4 is 35.6 Å². The number of fused-ring (bicyclic) bond motifs is 3. The Balaban J connectivity index is 2.06. The van der Waals surface area contributed by atoms with Gasteiger partial charge in [-0.05, 0) is 44.8 Å². The SMILES string of the molecule is CCCCCCCC(=O)O[C@@H]1C(=O)C(C)=C2[C@H]1[C@@](C)(OC(C)=O)C[C@H](OC(=O)CCCC(=O)O)[C@@]1(O)[C@H]2OC(=O)[C@@]1(C)O. The lowest BCUT2D eigenvalue weighted by molar-refractivity contribution is -0.211. The van der Waals surface area contributed by atoms with Gasteiger partial charge in [-0.3, -0.25) is 24.0 Å². The summed E-state index contributed by atoms with van der Waals surface area (Å²) in [6.07, 6.45) is -1.98. The van der Waals surface area contributed by atoms with Crippen molar-refractivity contribution in [2.24, 2.45) is 5.92 Å². The molecule has 1 saturated heterocycles. The van der Waals surface area contributed by atoms with Crippen molar-refractivity contribution in [1.82, 2.24) is 0 Å². The number of carbonyl (C=O) groups excluding carboxylic acids is 5. The maximum atomic E-state index is 13.6. The molecule has 13 nitrogen and oxygen atoms in total. The van der Waals surface area contributed by atoms with E-state index in [2.05, 4.69) is 6.92 Å². The van der Waals surface area contributed by atoms with Gasteiger partial charge in [0.05, 0.1) is 5.92 Å². The molecule has 3 rings (SSSR count). The Morgan fingerprint density at radius 1 is 0.930 bits per heavy atom. The Morgan fingerprint density at radius 3 is 2.14 bits per heavy atom. The molecular weight excluding hydrogens is 568 g/mol. The Labute approximate surface area is 249 Å². The monoisotopic (exact) mass is 610 g/mol. The molecule has 0 aromatic carbocycles. The number of esters is 4. The summed E-state index contributed by atoms with van der Waals surface area (Å²) in [6.45, 7) is 6.96. The Kier molecular flexibility index (Phi) is 10.4. The van der Waals surface area contributed by atoms with Gasteiger partial charge in [0.2, 0.25) is 0 Å². The van der Waals surface area contributed by atoms with E-state index in [1.165, 1.54) is 13.8 Å². The van der Waals surface area contributed by atoms with Crippen molar-refractivity contribution in [3.8, 4) is 0 Å². The molecule has 2 fully saturated rings. The summed E-state index contributed by atoms with van der Waals surface area (Å²) >= 11 is 0. The highest BCUT2D eigenvalue weighted by Crippen LogP contribution is 2.56. The van der Waals surface area contributed by atoms with Crippen molar-refractivity contribution in [2.75, 3.05) is 0 Å². The number of aliphatic hydroxyl groups is 2. The van der Waals surface area contributed by atoms with Crippen molar-refractivity contribution < 1.29 is 63.0 Å². The first kappa shape index (κ1) is 34.2. The molecule has 13 heteroatoms. The number of carbonyl (C=O) groups is 6. The summed E-state index contributed by atoms with van der Waals surface area (Å²) in [4.78, 5) is 75.5. The van der Waals surface area contributed by atoms with E-state index in [9.17, 15) is 39.0 Å². The number of ether oxygens (including phenoxy) is 4. The predicted molar refractivity (Wildman–Crippen MR) is 146 cm³/mol. The molecule has 0 aromatic rings. The lowest BCUT2D eigenvalue weighted by Gasteiger charge is -2.41. The van der Waals surface area contributed by atoms with E-state index >= 15 is 0 Å². The normalized spacial score (nSPS) is 33.3. The van der Waals surface area contributed by atoms with Crippen LogP contribution in [0.2, 0.25) is 0 Å². The zero-order valence-electron chi connectivity index (χ0n) is 25.3. The maximum Gasteiger partial charge on any atom is 0.341 e. The number of carboxylic acid groups (broad SMARTS) is 1. The molecule has 2 aliphatic carbocycles. The standard InChI is InChI=1S/C30H42O13/c1-6-7-8-9-10-13-21(35)41-25-23-22(16(2)24(25)36)26-30(39,29(5,38)27(37)42-26)18(15-28(23,4)43-17(3)31)40-20(34)14-11-12-19(32)33/h18,23,25-26,38-39H,6-15H2,1-5H3,(H,32,33)/t18-,23+,25-,26-,28-,29+,30+/m0/s1. The van der Waals surface area contributed by atoms with Crippen LogP contribution in [0.25, 0.3) is 0 Å². The molecule has 0 spiro atoms. The number of carboxylic acids is 1. The van der Waals surface area contributed by atoms with Gasteiger partial charge in [0.25, 0.3) is 0 Å². The minimum Gasteiger partial charge on any atom is -0.481 e. The van der Waals surface area contributed by atoms with E-state index in [4.69, 9.17) is 24.1 Å². The van der Waals surface area contributed by atoms with Gasteiger partial charge in [-0.25, -0.2) is 4.79 Å². The van der Waals surface area contributed by atoms with Crippen LogP contribution >= 0.6 is 0 Å². The molecule has 0 radical (unpaired) electrons. The molecule has 1 heterocycles. The van der Waals surface area contributed by atoms with Gasteiger partial charge in [0.1, 0.15) is 11.7 Å². The highest BCUT2D eigenvalue weighted by atomic mass is 16.6. The van der Waals surface area contributed by atoms with E-state index in [-0.39, 0.29) is 36.8 Å². The van der Waals surface area contributed by atoms with Crippen LogP contribution in [0.15, 0.2) is 11.1 Å². The van der Waals surface area contributed by atoms with E-state index in [1.807, 2.05) is 0 Å². The number of hydrogen-bond donors (Lipinski definition) is 3. The fourth-order valence-corrected chi connectivity index (χ4v) is 6.44. The van der Waals surface area contributed by atoms with Crippen molar-refractivity contribution in [1.29, 1.82) is 0 Å². The summed E-state index contributed by atoms with van der Waals surface area (Å²) in [6, 6.07) is 0. The highest BCUT2D eigenvalue weighted by molar-refractivity contribution is 6.04. The predicted octanol–water partition coefficient (Wildman–Crippen LogP) is 2.07. The van der Waals surface area contributed by atoms with Gasteiger partial charge in [-0.15, -0.1) is 0 Å². The first-order chi connectivity index (χ1) is 20.0. The Hall–Kier alpha value is -3.32. The summed E-state index contributed by atoms with van der Waals surface area (Å²) in [7, 11) is 0. The third-order valence-electron chi connectivity index (χ3n) is 8.69. The molecule has 7 atom stereocenters. The zero-order chi connectivity index (χ0) is 32.3. The second-order valence-corrected chi connectivity index (χ2v) is 12.0. The Morgan fingerprint density at radius 2 is 1.53 bits per heavy atom. The number of aliphatic carboxylic acids is 1. The second-order valence-electron chi connectivity index (χ2n) is 12.0. The Bertz CT molecular complexity index is 1190. The third-order valence-corrected chi connectivity index (χ3v) is 8.69. The molecule has 0 amide bonds. The van der Waals surface area contributed by atoms with Gasteiger partial charge < -0.3 is 34.3 Å². The number of Topliss-reactive ketones (excluding diaryl/α,β-unsaturated/α-hetero) is 1. The zero-order valence-corrected chi connectivity index (χ0v) is 25.3. The topological polar surface area (TPSA) is 200 Å². The fourth-order valence-electron chi connectivity index (χ4n) is 6.44. The molecule has 3 aliphatic rings. The first-order valence-electron chi connectivity index (χ1n) is 14.7. The maximum absolute atomic E-state index is 13.6. The third kappa shape index (κ3) is 6.62. The summed E-state index contributed by atoms with van der Waals surface area (Å²) < 4.78 is 22.5. The minimum atomic E-state index is -2.67. The summed E-state index contributed by atoms with van der Waals surface area (Å²) in [5, 5.41) is 32.3. The van der Waals surface area contributed by atoms with Crippen molar-refractivity contribution in [3.63, 3.8) is 0 Å². The van der Waals surface area contributed by atoms with Crippen LogP contribution in [0, 0.1) is 5.92 Å². The largest absolute Gasteiger partial charge is 0.481 e. The van der Waals surface area contributed by atoms with Crippen LogP contribution in [-0.4, -0.2) is 86.1 Å². The first-order valence-corrected chi connectivity index (χ1v) is 14.7. The quantitative estimate of drug-likeness (QED) is 0.156. The van der Waals surface area contributed by atoms with Gasteiger partial charge in [-0.1, -0.05) is 32.6 Å². The van der Waals surface area contributed by atoms with E-state index in [1.54, 1.807) is 0 Å². The van der Waals surface area contributed by atoms with Crippen LogP contribution in [0.1, 0.15) is 98.8 Å². The van der Waals surface area contributed by atoms with Crippen LogP contribution in [0.4, 0.5) is 0 Å². The molecular formula is C30H42O13. The van der Waals surface area contributed by atoms with Crippen LogP contribution < -0.4 is 0 Å². The number of ketones is 1. The molecule has 0 aromatic heterocycles. The van der Waals surface area contributed by atoms with Crippen molar-refractivity contribution in [3.05, 3.63) is 11.1 Å². The van der Waals surface area contributed by atoms with Gasteiger partial charge in [0, 0.05) is 32.6 Å². The van der Waals surface area contributed by atoms with Gasteiger partial charge in [0.15, 0.2) is 29.2 Å². The van der Waals surface area contributed by atoms with Crippen LogP contribution in [0.5, 0.6) is 0 Å². The number of hydrogen-bond acceptors (Lipinski definition) is 12. The van der Waals surface area contributed by atoms with E-state index in [0.29, 0.717) is 6.42 Å². The van der Waals surface area contributed by atoms with Gasteiger partial charge in [-0.2, -0.15) is 0 Å². The highest BCUT2D eigenvalue weighted by Gasteiger charge is 2.75. The number of unbranched alkanes of at least 4 members (excludes halogenated alkanes) is 4. The second kappa shape index (κ2) is 13.1. The fraction of sp³-hybridized carbons (Fsp3) is 0.733. The van der Waals surface area contributed by atoms with E-state index in [0.717, 1.165) is 39.5 Å². The lowest BCUT2D eigenvalue weighted by atomic mass is 9.75. The van der Waals surface area contributed by atoms with E-state index < -0.39 is 83.1 Å². The number of rotatable bonds is 13. The van der Waals surface area contributed by atoms with Crippen molar-refractivity contribution in [2.45, 2.75) is 134 Å². The molecule has 1 aliphatic heterocycles. The molecule has 0 bridgehead atoms. The lowest BCUT2D eigenvalue weighted by Crippen LogP contribution is -2.64. The molecule has 1 saturated carbocycles. The molecule has 240 valence electrons.